The average molecular weight is 455 g/mol. The number of carbonyl (C=O) groups is 1. The number of hydrogen-bond donors (Lipinski definition) is 1. The van der Waals surface area contributed by atoms with Gasteiger partial charge in [0.15, 0.2) is 11.3 Å². The number of Topliss-reactive ketones (excluding diaryl/α,β-unsaturated/α-hetero) is 1. The number of ether oxygens (including phenoxy) is 2. The van der Waals surface area contributed by atoms with Crippen molar-refractivity contribution in [1.82, 2.24) is 9.97 Å². The third kappa shape index (κ3) is 3.52. The fourth-order valence-corrected chi connectivity index (χ4v) is 5.43. The Balaban J connectivity index is 1.42. The van der Waals surface area contributed by atoms with Crippen molar-refractivity contribution in [2.24, 2.45) is 16.6 Å². The van der Waals surface area contributed by atoms with Crippen molar-refractivity contribution in [1.29, 1.82) is 0 Å². The van der Waals surface area contributed by atoms with Crippen molar-refractivity contribution in [3.63, 3.8) is 0 Å². The number of fused-ring (bicyclic) bond motifs is 4. The molecule has 172 valence electrons. The molecule has 34 heavy (non-hydrogen) atoms. The van der Waals surface area contributed by atoms with E-state index in [1.54, 1.807) is 12.4 Å². The number of nitrogens with zero attached hydrogens (tertiary/aromatic N) is 3. The number of carbonyl (C=O) groups excluding carboxylic acids is 1. The van der Waals surface area contributed by atoms with Crippen molar-refractivity contribution < 1.29 is 14.3 Å². The van der Waals surface area contributed by atoms with E-state index in [4.69, 9.17) is 20.2 Å². The molecule has 7 nitrogen and oxygen atoms in total. The number of amidine groups is 1. The van der Waals surface area contributed by atoms with Crippen molar-refractivity contribution in [3.05, 3.63) is 71.8 Å². The second-order valence-corrected chi connectivity index (χ2v) is 9.38. The highest BCUT2D eigenvalue weighted by Gasteiger charge is 2.47. The maximum Gasteiger partial charge on any atom is 0.283 e. The van der Waals surface area contributed by atoms with Gasteiger partial charge in [0.1, 0.15) is 24.4 Å². The van der Waals surface area contributed by atoms with E-state index in [0.717, 1.165) is 35.1 Å². The molecule has 1 saturated carbocycles. The van der Waals surface area contributed by atoms with E-state index < -0.39 is 5.54 Å². The van der Waals surface area contributed by atoms with Gasteiger partial charge in [0.2, 0.25) is 0 Å². The van der Waals surface area contributed by atoms with Crippen LogP contribution in [0, 0.1) is 5.92 Å². The van der Waals surface area contributed by atoms with Gasteiger partial charge in [0.05, 0.1) is 0 Å². The van der Waals surface area contributed by atoms with Gasteiger partial charge in [-0.1, -0.05) is 38.2 Å². The Bertz CT molecular complexity index is 1280. The topological polar surface area (TPSA) is 99.7 Å². The van der Waals surface area contributed by atoms with Crippen LogP contribution in [0.3, 0.4) is 0 Å². The molecule has 1 aliphatic carbocycles. The highest BCUT2D eigenvalue weighted by molar-refractivity contribution is 5.97. The highest BCUT2D eigenvalue weighted by Crippen LogP contribution is 2.52. The summed E-state index contributed by atoms with van der Waals surface area (Å²) in [6.07, 6.45) is 11.6. The smallest absolute Gasteiger partial charge is 0.283 e. The van der Waals surface area contributed by atoms with Gasteiger partial charge in [-0.05, 0) is 41.8 Å². The maximum atomic E-state index is 13.2. The van der Waals surface area contributed by atoms with Gasteiger partial charge >= 0.3 is 0 Å². The molecule has 7 heteroatoms. The number of rotatable bonds is 4. The molecule has 1 atom stereocenters. The standard InChI is InChI=1S/C27H26N4O3/c28-26-31-27(15-33-26)21-11-18(20-13-29-16-30-14-20)6-8-24(21)34-25-9-7-19(12-22(25)27)23(32)10-17-4-2-1-3-5-17/h6-9,11-14,16-17H,1-5,10,15H2,(H2,28,31)/t27-/m0/s1. The molecule has 1 fully saturated rings. The number of aromatic nitrogens is 2. The van der Waals surface area contributed by atoms with Crippen LogP contribution in [0.1, 0.15) is 60.0 Å². The van der Waals surface area contributed by atoms with Crippen LogP contribution in [0.15, 0.2) is 60.1 Å². The molecule has 1 aromatic heterocycles. The zero-order valence-corrected chi connectivity index (χ0v) is 18.9. The Morgan fingerprint density at radius 1 is 0.971 bits per heavy atom. The maximum absolute atomic E-state index is 13.2. The van der Waals surface area contributed by atoms with Crippen LogP contribution in [0.4, 0.5) is 0 Å². The largest absolute Gasteiger partial charge is 0.462 e. The van der Waals surface area contributed by atoms with Crippen molar-refractivity contribution in [2.45, 2.75) is 44.1 Å². The Labute approximate surface area is 198 Å². The van der Waals surface area contributed by atoms with E-state index in [1.165, 1.54) is 25.6 Å². The van der Waals surface area contributed by atoms with Crippen molar-refractivity contribution in [2.75, 3.05) is 6.61 Å². The van der Waals surface area contributed by atoms with Gasteiger partial charge in [-0.25, -0.2) is 15.0 Å². The van der Waals surface area contributed by atoms with Crippen LogP contribution in [0.2, 0.25) is 0 Å². The van der Waals surface area contributed by atoms with Crippen LogP contribution in [-0.2, 0) is 10.3 Å². The molecule has 3 aliphatic rings. The normalized spacial score (nSPS) is 21.2. The Kier molecular flexibility index (Phi) is 5.05. The monoisotopic (exact) mass is 454 g/mol. The van der Waals surface area contributed by atoms with E-state index in [9.17, 15) is 4.79 Å². The second-order valence-electron chi connectivity index (χ2n) is 9.38. The summed E-state index contributed by atoms with van der Waals surface area (Å²) in [4.78, 5) is 26.2. The summed E-state index contributed by atoms with van der Waals surface area (Å²) in [6, 6.07) is 11.7. The zero-order valence-electron chi connectivity index (χ0n) is 18.9. The predicted molar refractivity (Wildman–Crippen MR) is 128 cm³/mol. The third-order valence-corrected chi connectivity index (χ3v) is 7.21. The minimum atomic E-state index is -0.875. The molecule has 2 aliphatic heterocycles. The summed E-state index contributed by atoms with van der Waals surface area (Å²) in [7, 11) is 0. The zero-order chi connectivity index (χ0) is 23.1. The van der Waals surface area contributed by atoms with Gasteiger partial charge in [0.25, 0.3) is 6.02 Å². The van der Waals surface area contributed by atoms with Crippen molar-refractivity contribution in [3.8, 4) is 22.6 Å². The van der Waals surface area contributed by atoms with Gasteiger partial charge in [0, 0.05) is 41.1 Å². The van der Waals surface area contributed by atoms with E-state index in [1.807, 2.05) is 36.4 Å². The summed E-state index contributed by atoms with van der Waals surface area (Å²) < 4.78 is 12.0. The van der Waals surface area contributed by atoms with E-state index >= 15 is 0 Å². The lowest BCUT2D eigenvalue weighted by atomic mass is 9.79. The molecule has 3 heterocycles. The summed E-state index contributed by atoms with van der Waals surface area (Å²) in [5, 5.41) is 0. The fraction of sp³-hybridized carbons (Fsp3) is 0.333. The van der Waals surface area contributed by atoms with Gasteiger partial charge in [-0.3, -0.25) is 4.79 Å². The molecule has 0 amide bonds. The van der Waals surface area contributed by atoms with Crippen LogP contribution in [0.25, 0.3) is 11.1 Å². The summed E-state index contributed by atoms with van der Waals surface area (Å²) in [5.41, 5.74) is 9.31. The lowest BCUT2D eigenvalue weighted by Crippen LogP contribution is -2.31. The summed E-state index contributed by atoms with van der Waals surface area (Å²) in [6.45, 7) is 0.247. The molecule has 3 aromatic rings. The van der Waals surface area contributed by atoms with Crippen LogP contribution >= 0.6 is 0 Å². The lowest BCUT2D eigenvalue weighted by Gasteiger charge is -2.34. The predicted octanol–water partition coefficient (Wildman–Crippen LogP) is 4.99. The van der Waals surface area contributed by atoms with Crippen LogP contribution in [-0.4, -0.2) is 28.4 Å². The van der Waals surface area contributed by atoms with E-state index in [2.05, 4.69) is 9.97 Å². The number of nitrogens with two attached hydrogens (primary N) is 1. The summed E-state index contributed by atoms with van der Waals surface area (Å²) in [5.74, 6) is 2.00. The quantitative estimate of drug-likeness (QED) is 0.558. The van der Waals surface area contributed by atoms with Gasteiger partial charge < -0.3 is 15.2 Å². The molecule has 2 aromatic carbocycles. The average Bonchev–Trinajstić information content (AvgIpc) is 3.27. The molecule has 0 bridgehead atoms. The first-order valence-corrected chi connectivity index (χ1v) is 11.9. The number of ketones is 1. The Morgan fingerprint density at radius 2 is 1.71 bits per heavy atom. The lowest BCUT2D eigenvalue weighted by molar-refractivity contribution is 0.0950. The first kappa shape index (κ1) is 20.8. The molecule has 6 rings (SSSR count). The molecular formula is C27H26N4O3. The number of hydrogen-bond acceptors (Lipinski definition) is 7. The summed E-state index contributed by atoms with van der Waals surface area (Å²) >= 11 is 0. The fourth-order valence-electron chi connectivity index (χ4n) is 5.43. The third-order valence-electron chi connectivity index (χ3n) is 7.21. The SMILES string of the molecule is NC1=N[C@]2(CO1)c1cc(C(=O)CC3CCCCC3)ccc1Oc1ccc(-c3cncnc3)cc12. The Morgan fingerprint density at radius 3 is 2.44 bits per heavy atom. The number of aliphatic imine (C=N–C) groups is 1. The molecule has 0 unspecified atom stereocenters. The van der Waals surface area contributed by atoms with Crippen molar-refractivity contribution >= 4 is 11.8 Å². The minimum absolute atomic E-state index is 0.131. The molecule has 1 spiro atoms. The minimum Gasteiger partial charge on any atom is -0.462 e. The molecule has 0 radical (unpaired) electrons. The van der Waals surface area contributed by atoms with E-state index in [0.29, 0.717) is 29.4 Å². The van der Waals surface area contributed by atoms with Crippen LogP contribution < -0.4 is 10.5 Å². The van der Waals surface area contributed by atoms with Gasteiger partial charge in [-0.2, -0.15) is 0 Å². The second kappa shape index (κ2) is 8.24. The van der Waals surface area contributed by atoms with Crippen LogP contribution in [0.5, 0.6) is 11.5 Å². The molecular weight excluding hydrogens is 428 g/mol. The Hall–Kier alpha value is -3.74. The highest BCUT2D eigenvalue weighted by atomic mass is 16.5. The molecule has 0 saturated heterocycles. The van der Waals surface area contributed by atoms with Gasteiger partial charge in [-0.15, -0.1) is 0 Å². The number of benzene rings is 2. The molecule has 2 N–H and O–H groups in total. The first-order valence-electron chi connectivity index (χ1n) is 11.9. The van der Waals surface area contributed by atoms with E-state index in [-0.39, 0.29) is 18.4 Å². The first-order chi connectivity index (χ1) is 16.6.